The lowest BCUT2D eigenvalue weighted by atomic mass is 9.71. The summed E-state index contributed by atoms with van der Waals surface area (Å²) in [6.07, 6.45) is -1.15. The van der Waals surface area contributed by atoms with Crippen LogP contribution in [-0.2, 0) is 19.5 Å². The molecule has 0 aliphatic heterocycles. The highest BCUT2D eigenvalue weighted by molar-refractivity contribution is 7.53. The van der Waals surface area contributed by atoms with Gasteiger partial charge in [0.2, 0.25) is 0 Å². The van der Waals surface area contributed by atoms with E-state index in [2.05, 4.69) is 56.2 Å². The SMILES string of the molecule is Cc1cc(C(C)(C)C)cc(C(C)(C)C)c1C(O)C(CO)(CO)CO.OP(O)OP(O)O.OP(O)OP(O)O. The number of aryl methyl sites for hydroxylation is 1. The van der Waals surface area contributed by atoms with Crippen LogP contribution in [0.3, 0.4) is 0 Å². The molecule has 0 aliphatic carbocycles. The first-order valence-corrected chi connectivity index (χ1v) is 15.5. The number of aliphatic hydroxyl groups excluding tert-OH is 4. The summed E-state index contributed by atoms with van der Waals surface area (Å²) in [7, 11) is -10.4. The molecular weight excluding hydrogens is 588 g/mol. The van der Waals surface area contributed by atoms with Crippen LogP contribution in [0.25, 0.3) is 0 Å². The maximum absolute atomic E-state index is 11.0. The van der Waals surface area contributed by atoms with Gasteiger partial charge in [-0.1, -0.05) is 53.7 Å². The Labute approximate surface area is 227 Å². The normalized spacial score (nSPS) is 13.4. The predicted octanol–water partition coefficient (Wildman–Crippen LogP) is 1.44. The Kier molecular flexibility index (Phi) is 19.2. The second-order valence-electron chi connectivity index (χ2n) is 10.2. The molecule has 38 heavy (non-hydrogen) atoms. The highest BCUT2D eigenvalue weighted by atomic mass is 31.2. The molecule has 226 valence electrons. The van der Waals surface area contributed by atoms with E-state index in [0.717, 1.165) is 11.1 Å². The van der Waals surface area contributed by atoms with Crippen molar-refractivity contribution in [3.63, 3.8) is 0 Å². The van der Waals surface area contributed by atoms with Gasteiger partial charge in [0.15, 0.2) is 0 Å². The van der Waals surface area contributed by atoms with Crippen LogP contribution >= 0.6 is 34.4 Å². The minimum absolute atomic E-state index is 0.0315. The molecule has 12 N–H and O–H groups in total. The van der Waals surface area contributed by atoms with Crippen LogP contribution in [0.15, 0.2) is 12.1 Å². The van der Waals surface area contributed by atoms with Crippen LogP contribution < -0.4 is 0 Å². The Morgan fingerprint density at radius 2 is 1.00 bits per heavy atom. The Balaban J connectivity index is 0. The van der Waals surface area contributed by atoms with Crippen LogP contribution in [0.5, 0.6) is 0 Å². The average molecular weight is 630 g/mol. The number of hydrogen-bond donors (Lipinski definition) is 12. The van der Waals surface area contributed by atoms with Gasteiger partial charge in [0, 0.05) is 0 Å². The maximum Gasteiger partial charge on any atom is 0.334 e. The standard InChI is InChI=1S/C20H34O4.2H4O5P2/c1-13-8-14(18(2,3)4)9-15(19(5,6)7)16(13)17(24)20(10-21,11-22)12-23;2*1-6(2)5-7(3)4/h8-9,17,21-24H,10-12H2,1-7H3;2*1-4H. The predicted molar refractivity (Wildman–Crippen MR) is 145 cm³/mol. The molecule has 1 atom stereocenters. The summed E-state index contributed by atoms with van der Waals surface area (Å²) in [5.74, 6) is 0. The molecule has 1 rings (SSSR count). The van der Waals surface area contributed by atoms with Gasteiger partial charge in [-0.2, -0.15) is 0 Å². The molecule has 0 saturated heterocycles. The number of hydrogen-bond acceptors (Lipinski definition) is 14. The highest BCUT2D eigenvalue weighted by Crippen LogP contribution is 2.43. The maximum atomic E-state index is 11.0. The van der Waals surface area contributed by atoms with Crippen molar-refractivity contribution in [2.45, 2.75) is 65.4 Å². The lowest BCUT2D eigenvalue weighted by Crippen LogP contribution is -2.41. The zero-order valence-electron chi connectivity index (χ0n) is 22.3. The van der Waals surface area contributed by atoms with Crippen LogP contribution in [0.2, 0.25) is 0 Å². The topological polar surface area (TPSA) is 261 Å². The van der Waals surface area contributed by atoms with E-state index in [1.54, 1.807) is 0 Å². The first-order valence-electron chi connectivity index (χ1n) is 10.8. The smallest absolute Gasteiger partial charge is 0.334 e. The van der Waals surface area contributed by atoms with Crippen LogP contribution in [0, 0.1) is 12.3 Å². The van der Waals surface area contributed by atoms with Crippen molar-refractivity contribution >= 4 is 34.4 Å². The van der Waals surface area contributed by atoms with Crippen molar-refractivity contribution in [3.8, 4) is 0 Å². The molecule has 0 heterocycles. The second-order valence-corrected chi connectivity index (χ2v) is 13.5. The summed E-state index contributed by atoms with van der Waals surface area (Å²) < 4.78 is 7.20. The van der Waals surface area contributed by atoms with E-state index in [1.807, 2.05) is 13.0 Å². The van der Waals surface area contributed by atoms with Crippen molar-refractivity contribution in [3.05, 3.63) is 34.4 Å². The highest BCUT2D eigenvalue weighted by Gasteiger charge is 2.41. The van der Waals surface area contributed by atoms with E-state index in [9.17, 15) is 20.4 Å². The third-order valence-electron chi connectivity index (χ3n) is 5.15. The zero-order chi connectivity index (χ0) is 30.6. The van der Waals surface area contributed by atoms with Gasteiger partial charge in [-0.3, -0.25) is 0 Å². The zero-order valence-corrected chi connectivity index (χ0v) is 25.9. The van der Waals surface area contributed by atoms with Gasteiger partial charge in [0.1, 0.15) is 0 Å². The summed E-state index contributed by atoms with van der Waals surface area (Å²) in [5.41, 5.74) is 2.11. The van der Waals surface area contributed by atoms with Gasteiger partial charge >= 0.3 is 34.4 Å². The summed E-state index contributed by atoms with van der Waals surface area (Å²) in [4.78, 5) is 62.5. The first kappa shape index (κ1) is 40.5. The summed E-state index contributed by atoms with van der Waals surface area (Å²) >= 11 is 0. The minimum Gasteiger partial charge on any atom is -0.395 e. The van der Waals surface area contributed by atoms with Crippen LogP contribution in [0.4, 0.5) is 0 Å². The van der Waals surface area contributed by atoms with E-state index in [0.29, 0.717) is 5.56 Å². The Morgan fingerprint density at radius 3 is 1.21 bits per heavy atom. The fourth-order valence-electron chi connectivity index (χ4n) is 3.06. The molecule has 0 aliphatic rings. The fourth-order valence-corrected chi connectivity index (χ4v) is 4.11. The molecule has 1 unspecified atom stereocenters. The Bertz CT molecular complexity index is 759. The van der Waals surface area contributed by atoms with E-state index in [-0.39, 0.29) is 10.8 Å². The third kappa shape index (κ3) is 14.8. The largest absolute Gasteiger partial charge is 0.395 e. The summed E-state index contributed by atoms with van der Waals surface area (Å²) in [6, 6.07) is 4.15. The molecule has 1 aromatic rings. The molecule has 0 fully saturated rings. The molecule has 1 aromatic carbocycles. The van der Waals surface area contributed by atoms with Gasteiger partial charge in [-0.15, -0.1) is 0 Å². The monoisotopic (exact) mass is 630 g/mol. The van der Waals surface area contributed by atoms with E-state index in [4.69, 9.17) is 39.1 Å². The lowest BCUT2D eigenvalue weighted by Gasteiger charge is -2.38. The van der Waals surface area contributed by atoms with Crippen LogP contribution in [0.1, 0.15) is 69.9 Å². The molecule has 18 heteroatoms. The number of rotatable bonds is 9. The lowest BCUT2D eigenvalue weighted by molar-refractivity contribution is -0.0859. The quantitative estimate of drug-likeness (QED) is 0.172. The Morgan fingerprint density at radius 1 is 0.658 bits per heavy atom. The van der Waals surface area contributed by atoms with E-state index in [1.165, 1.54) is 5.56 Å². The van der Waals surface area contributed by atoms with Crippen molar-refractivity contribution in [1.29, 1.82) is 0 Å². The van der Waals surface area contributed by atoms with Crippen molar-refractivity contribution in [2.24, 2.45) is 5.41 Å². The molecule has 0 aromatic heterocycles. The van der Waals surface area contributed by atoms with Gasteiger partial charge in [0.25, 0.3) is 0 Å². The summed E-state index contributed by atoms with van der Waals surface area (Å²) in [5, 5.41) is 40.1. The van der Waals surface area contributed by atoms with Crippen molar-refractivity contribution in [2.75, 3.05) is 19.8 Å². The Hall–Kier alpha value is 0.380. The van der Waals surface area contributed by atoms with E-state index < -0.39 is 65.7 Å². The van der Waals surface area contributed by atoms with Gasteiger partial charge < -0.3 is 59.6 Å². The van der Waals surface area contributed by atoms with Gasteiger partial charge in [-0.05, 0) is 40.0 Å². The minimum atomic E-state index is -2.61. The molecule has 0 bridgehead atoms. The molecule has 0 spiro atoms. The molecule has 0 radical (unpaired) electrons. The van der Waals surface area contributed by atoms with Crippen LogP contribution in [-0.4, -0.2) is 79.4 Å². The summed E-state index contributed by atoms with van der Waals surface area (Å²) in [6.45, 7) is 13.1. The van der Waals surface area contributed by atoms with E-state index >= 15 is 0 Å². The third-order valence-corrected chi connectivity index (χ3v) is 7.49. The number of aliphatic hydroxyl groups is 4. The fraction of sp³-hybridized carbons (Fsp3) is 0.700. The second kappa shape index (κ2) is 18.0. The number of benzene rings is 1. The van der Waals surface area contributed by atoms with Crippen molar-refractivity contribution in [1.82, 2.24) is 0 Å². The van der Waals surface area contributed by atoms with Gasteiger partial charge in [-0.25, -0.2) is 8.62 Å². The molecular formula is C20H42O14P4. The first-order chi connectivity index (χ1) is 17.1. The van der Waals surface area contributed by atoms with Gasteiger partial charge in [0.05, 0.1) is 31.3 Å². The average Bonchev–Trinajstić information content (AvgIpc) is 2.72. The molecule has 0 saturated carbocycles. The molecule has 14 nitrogen and oxygen atoms in total. The van der Waals surface area contributed by atoms with Crippen molar-refractivity contribution < 1.29 is 68.2 Å². The molecule has 0 amide bonds.